The molecule has 0 aliphatic heterocycles. The number of nitrogens with one attached hydrogen (secondary N) is 1. The number of rotatable bonds is 7. The van der Waals surface area contributed by atoms with Crippen LogP contribution in [0.3, 0.4) is 0 Å². The zero-order valence-corrected chi connectivity index (χ0v) is 17.4. The van der Waals surface area contributed by atoms with Crippen molar-refractivity contribution in [1.29, 1.82) is 0 Å². The fraction of sp³-hybridized carbons (Fsp3) is 0.455. The number of esters is 1. The van der Waals surface area contributed by atoms with Gasteiger partial charge >= 0.3 is 5.97 Å². The summed E-state index contributed by atoms with van der Waals surface area (Å²) < 4.78 is 10.8. The van der Waals surface area contributed by atoms with Gasteiger partial charge in [0.1, 0.15) is 10.8 Å². The Labute approximate surface area is 170 Å². The van der Waals surface area contributed by atoms with E-state index in [-0.39, 0.29) is 11.9 Å². The first-order chi connectivity index (χ1) is 13.6. The summed E-state index contributed by atoms with van der Waals surface area (Å²) in [5.41, 5.74) is 1.55. The molecule has 1 aliphatic carbocycles. The summed E-state index contributed by atoms with van der Waals surface area (Å²) in [5.74, 6) is 0.640. The van der Waals surface area contributed by atoms with Crippen LogP contribution in [0.1, 0.15) is 53.9 Å². The number of carbonyl (C=O) groups excluding carboxylic acids is 2. The third-order valence-corrected chi connectivity index (χ3v) is 6.43. The van der Waals surface area contributed by atoms with Crippen LogP contribution in [0, 0.1) is 5.92 Å². The average molecular weight is 402 g/mol. The fourth-order valence-electron chi connectivity index (χ4n) is 3.59. The summed E-state index contributed by atoms with van der Waals surface area (Å²) in [4.78, 5) is 26.5. The summed E-state index contributed by atoms with van der Waals surface area (Å²) in [7, 11) is 1.38. The van der Waals surface area contributed by atoms with Crippen molar-refractivity contribution in [2.75, 3.05) is 12.4 Å². The maximum Gasteiger partial charge on any atom is 0.341 e. The number of benzene rings is 1. The molecule has 1 amide bonds. The number of para-hydroxylation sites is 1. The molecule has 3 rings (SSSR count). The summed E-state index contributed by atoms with van der Waals surface area (Å²) in [5, 5.41) is 3.52. The lowest BCUT2D eigenvalue weighted by Crippen LogP contribution is -2.32. The van der Waals surface area contributed by atoms with Gasteiger partial charge in [-0.05, 0) is 49.3 Å². The van der Waals surface area contributed by atoms with Crippen LogP contribution in [0.2, 0.25) is 0 Å². The van der Waals surface area contributed by atoms with E-state index in [0.717, 1.165) is 31.2 Å². The molecule has 6 heteroatoms. The molecule has 0 radical (unpaired) electrons. The highest BCUT2D eigenvalue weighted by atomic mass is 32.1. The van der Waals surface area contributed by atoms with Crippen molar-refractivity contribution in [2.24, 2.45) is 5.92 Å². The van der Waals surface area contributed by atoms with Crippen molar-refractivity contribution in [3.63, 3.8) is 0 Å². The van der Waals surface area contributed by atoms with E-state index in [1.807, 2.05) is 37.3 Å². The van der Waals surface area contributed by atoms with Gasteiger partial charge in [-0.25, -0.2) is 4.79 Å². The minimum absolute atomic E-state index is 0.248. The van der Waals surface area contributed by atoms with Crippen molar-refractivity contribution in [1.82, 2.24) is 0 Å². The van der Waals surface area contributed by atoms with Gasteiger partial charge < -0.3 is 14.8 Å². The third kappa shape index (κ3) is 4.38. The number of hydrogen-bond acceptors (Lipinski definition) is 5. The topological polar surface area (TPSA) is 64.6 Å². The first-order valence-electron chi connectivity index (χ1n) is 9.82. The molecule has 2 aromatic rings. The van der Waals surface area contributed by atoms with Crippen LogP contribution in [0.25, 0.3) is 0 Å². The highest BCUT2D eigenvalue weighted by Crippen LogP contribution is 2.40. The SMILES string of the molecule is CC[C@@H]1CCc2c(sc(NC(=O)[C@@H](CC)Oc3ccccc3)c2C(=O)OC)C1. The Balaban J connectivity index is 1.83. The number of amides is 1. The Morgan fingerprint density at radius 3 is 2.64 bits per heavy atom. The minimum Gasteiger partial charge on any atom is -0.481 e. The molecule has 1 aromatic carbocycles. The highest BCUT2D eigenvalue weighted by Gasteiger charge is 2.30. The van der Waals surface area contributed by atoms with Crippen molar-refractivity contribution < 1.29 is 19.1 Å². The van der Waals surface area contributed by atoms with E-state index in [0.29, 0.717) is 28.7 Å². The molecule has 1 heterocycles. The van der Waals surface area contributed by atoms with Crippen LogP contribution < -0.4 is 10.1 Å². The molecule has 0 bridgehead atoms. The fourth-order valence-corrected chi connectivity index (χ4v) is 4.94. The number of carbonyl (C=O) groups is 2. The summed E-state index contributed by atoms with van der Waals surface area (Å²) >= 11 is 1.50. The second kappa shape index (κ2) is 9.24. The van der Waals surface area contributed by atoms with Gasteiger partial charge in [0.25, 0.3) is 5.91 Å². The van der Waals surface area contributed by atoms with Crippen LogP contribution in [-0.2, 0) is 22.4 Å². The number of hydrogen-bond donors (Lipinski definition) is 1. The molecule has 1 aromatic heterocycles. The Hall–Kier alpha value is -2.34. The largest absolute Gasteiger partial charge is 0.481 e. The maximum atomic E-state index is 12.9. The molecule has 28 heavy (non-hydrogen) atoms. The van der Waals surface area contributed by atoms with Gasteiger partial charge in [-0.3, -0.25) is 4.79 Å². The molecule has 0 fully saturated rings. The van der Waals surface area contributed by atoms with E-state index in [2.05, 4.69) is 12.2 Å². The summed E-state index contributed by atoms with van der Waals surface area (Å²) in [6.45, 7) is 4.10. The molecule has 0 saturated carbocycles. The van der Waals surface area contributed by atoms with Gasteiger partial charge in [0.05, 0.1) is 12.7 Å². The van der Waals surface area contributed by atoms with Gasteiger partial charge in [-0.2, -0.15) is 0 Å². The molecular formula is C22H27NO4S. The molecule has 5 nitrogen and oxygen atoms in total. The van der Waals surface area contributed by atoms with E-state index in [1.54, 1.807) is 0 Å². The monoisotopic (exact) mass is 401 g/mol. The summed E-state index contributed by atoms with van der Waals surface area (Å²) in [6.07, 6.45) is 3.88. The van der Waals surface area contributed by atoms with Crippen LogP contribution in [0.15, 0.2) is 30.3 Å². The maximum absolute atomic E-state index is 12.9. The highest BCUT2D eigenvalue weighted by molar-refractivity contribution is 7.17. The molecule has 1 aliphatic rings. The minimum atomic E-state index is -0.629. The zero-order valence-electron chi connectivity index (χ0n) is 16.6. The van der Waals surface area contributed by atoms with Gasteiger partial charge in [0.2, 0.25) is 0 Å². The Morgan fingerprint density at radius 2 is 2.00 bits per heavy atom. The Morgan fingerprint density at radius 1 is 1.25 bits per heavy atom. The van der Waals surface area contributed by atoms with Crippen LogP contribution in [-0.4, -0.2) is 25.1 Å². The quantitative estimate of drug-likeness (QED) is 0.674. The van der Waals surface area contributed by atoms with Crippen molar-refractivity contribution in [3.8, 4) is 5.75 Å². The number of ether oxygens (including phenoxy) is 2. The van der Waals surface area contributed by atoms with Crippen molar-refractivity contribution in [3.05, 3.63) is 46.3 Å². The summed E-state index contributed by atoms with van der Waals surface area (Å²) in [6, 6.07) is 9.28. The second-order valence-electron chi connectivity index (χ2n) is 7.03. The van der Waals surface area contributed by atoms with Gasteiger partial charge in [0, 0.05) is 4.88 Å². The molecule has 1 N–H and O–H groups in total. The first kappa shape index (κ1) is 20.4. The molecule has 150 valence electrons. The molecule has 0 saturated heterocycles. The Kier molecular flexibility index (Phi) is 6.73. The number of fused-ring (bicyclic) bond motifs is 1. The molecule has 0 unspecified atom stereocenters. The number of thiophene rings is 1. The van der Waals surface area contributed by atoms with E-state index in [9.17, 15) is 9.59 Å². The predicted molar refractivity (Wildman–Crippen MR) is 111 cm³/mol. The first-order valence-corrected chi connectivity index (χ1v) is 10.6. The standard InChI is InChI=1S/C22H27NO4S/c1-4-14-11-12-16-18(13-14)28-21(19(16)22(25)26-3)23-20(24)17(5-2)27-15-9-7-6-8-10-15/h6-10,14,17H,4-5,11-13H2,1-3H3,(H,23,24)/t14-,17-/m1/s1. The third-order valence-electron chi connectivity index (χ3n) is 5.26. The number of methoxy groups -OCH3 is 1. The lowest BCUT2D eigenvalue weighted by atomic mass is 9.85. The normalized spacial score (nSPS) is 16.8. The molecular weight excluding hydrogens is 374 g/mol. The predicted octanol–water partition coefficient (Wildman–Crippen LogP) is 4.85. The van der Waals surface area contributed by atoms with E-state index >= 15 is 0 Å². The average Bonchev–Trinajstić information content (AvgIpc) is 3.08. The van der Waals surface area contributed by atoms with Gasteiger partial charge in [0.15, 0.2) is 6.10 Å². The lowest BCUT2D eigenvalue weighted by Gasteiger charge is -2.20. The van der Waals surface area contributed by atoms with E-state index < -0.39 is 6.10 Å². The van der Waals surface area contributed by atoms with Crippen molar-refractivity contribution in [2.45, 2.75) is 52.1 Å². The van der Waals surface area contributed by atoms with Crippen LogP contribution in [0.5, 0.6) is 5.75 Å². The van der Waals surface area contributed by atoms with E-state index in [4.69, 9.17) is 9.47 Å². The number of anilines is 1. The second-order valence-corrected chi connectivity index (χ2v) is 8.14. The lowest BCUT2D eigenvalue weighted by molar-refractivity contribution is -0.122. The van der Waals surface area contributed by atoms with Crippen molar-refractivity contribution >= 4 is 28.2 Å². The van der Waals surface area contributed by atoms with Crippen LogP contribution in [0.4, 0.5) is 5.00 Å². The van der Waals surface area contributed by atoms with Gasteiger partial charge in [-0.15, -0.1) is 11.3 Å². The van der Waals surface area contributed by atoms with Crippen LogP contribution >= 0.6 is 11.3 Å². The smallest absolute Gasteiger partial charge is 0.341 e. The van der Waals surface area contributed by atoms with E-state index in [1.165, 1.54) is 23.3 Å². The Bertz CT molecular complexity index is 831. The van der Waals surface area contributed by atoms with Gasteiger partial charge in [-0.1, -0.05) is 38.5 Å². The molecule has 0 spiro atoms. The zero-order chi connectivity index (χ0) is 20.1. The molecule has 2 atom stereocenters.